The van der Waals surface area contributed by atoms with Crippen molar-refractivity contribution in [2.45, 2.75) is 18.6 Å². The standard InChI is InChI=1S/C15H20N4O3/c1-21-10-12-5-13(22-2)9-19(12)15(20)8-18-14-4-3-11(6-16)7-17-14/h3-4,7,12-13H,5,8-10H2,1-2H3,(H,17,18)/t12-,13-/m0/s1. The van der Waals surface area contributed by atoms with E-state index in [9.17, 15) is 4.79 Å². The van der Waals surface area contributed by atoms with Crippen molar-refractivity contribution in [3.63, 3.8) is 0 Å². The summed E-state index contributed by atoms with van der Waals surface area (Å²) in [7, 11) is 3.28. The van der Waals surface area contributed by atoms with Crippen molar-refractivity contribution in [3.05, 3.63) is 23.9 Å². The summed E-state index contributed by atoms with van der Waals surface area (Å²) < 4.78 is 10.5. The van der Waals surface area contributed by atoms with E-state index in [1.807, 2.05) is 6.07 Å². The minimum Gasteiger partial charge on any atom is -0.383 e. The Hall–Kier alpha value is -2.17. The molecule has 0 aliphatic carbocycles. The van der Waals surface area contributed by atoms with E-state index in [1.165, 1.54) is 6.20 Å². The summed E-state index contributed by atoms with van der Waals surface area (Å²) in [5, 5.41) is 11.7. The molecule has 1 amide bonds. The number of methoxy groups -OCH3 is 2. The van der Waals surface area contributed by atoms with E-state index in [4.69, 9.17) is 14.7 Å². The minimum atomic E-state index is -0.0206. The molecule has 1 aromatic rings. The Kier molecular flexibility index (Phi) is 5.69. The molecule has 118 valence electrons. The van der Waals surface area contributed by atoms with Gasteiger partial charge in [0.25, 0.3) is 0 Å². The van der Waals surface area contributed by atoms with Crippen LogP contribution in [0.3, 0.4) is 0 Å². The number of amides is 1. The van der Waals surface area contributed by atoms with Gasteiger partial charge < -0.3 is 19.7 Å². The Morgan fingerprint density at radius 1 is 1.55 bits per heavy atom. The van der Waals surface area contributed by atoms with Gasteiger partial charge in [-0.3, -0.25) is 4.79 Å². The maximum absolute atomic E-state index is 12.4. The van der Waals surface area contributed by atoms with Gasteiger partial charge in [-0.05, 0) is 18.6 Å². The summed E-state index contributed by atoms with van der Waals surface area (Å²) in [6, 6.07) is 5.38. The molecule has 2 heterocycles. The van der Waals surface area contributed by atoms with E-state index in [2.05, 4.69) is 10.3 Å². The number of hydrogen-bond acceptors (Lipinski definition) is 6. The van der Waals surface area contributed by atoms with Gasteiger partial charge in [-0.25, -0.2) is 4.98 Å². The highest BCUT2D eigenvalue weighted by Gasteiger charge is 2.34. The lowest BCUT2D eigenvalue weighted by Gasteiger charge is -2.24. The number of pyridine rings is 1. The number of ether oxygens (including phenoxy) is 2. The van der Waals surface area contributed by atoms with E-state index in [1.54, 1.807) is 31.3 Å². The summed E-state index contributed by atoms with van der Waals surface area (Å²) in [5.74, 6) is 0.547. The first-order chi connectivity index (χ1) is 10.7. The Balaban J connectivity index is 1.91. The number of carbonyl (C=O) groups excluding carboxylic acids is 1. The lowest BCUT2D eigenvalue weighted by molar-refractivity contribution is -0.131. The first-order valence-electron chi connectivity index (χ1n) is 7.09. The number of nitrogens with one attached hydrogen (secondary N) is 1. The number of aromatic nitrogens is 1. The van der Waals surface area contributed by atoms with Crippen molar-refractivity contribution in [2.24, 2.45) is 0 Å². The molecule has 7 nitrogen and oxygen atoms in total. The zero-order valence-corrected chi connectivity index (χ0v) is 12.8. The number of rotatable bonds is 6. The SMILES string of the molecule is COC[C@@H]1C[C@H](OC)CN1C(=O)CNc1ccc(C#N)cn1. The maximum Gasteiger partial charge on any atom is 0.242 e. The normalized spacial score (nSPS) is 20.7. The number of carbonyl (C=O) groups is 1. The van der Waals surface area contributed by atoms with Crippen molar-refractivity contribution >= 4 is 11.7 Å². The van der Waals surface area contributed by atoms with E-state index in [0.29, 0.717) is 24.5 Å². The largest absolute Gasteiger partial charge is 0.383 e. The monoisotopic (exact) mass is 304 g/mol. The van der Waals surface area contributed by atoms with Gasteiger partial charge in [0.15, 0.2) is 0 Å². The zero-order valence-electron chi connectivity index (χ0n) is 12.8. The van der Waals surface area contributed by atoms with Crippen molar-refractivity contribution in [3.8, 4) is 6.07 Å². The van der Waals surface area contributed by atoms with Crippen LogP contribution in [0.4, 0.5) is 5.82 Å². The number of nitriles is 1. The summed E-state index contributed by atoms with van der Waals surface area (Å²) in [4.78, 5) is 18.2. The van der Waals surface area contributed by atoms with Crippen molar-refractivity contribution in [1.29, 1.82) is 5.26 Å². The quantitative estimate of drug-likeness (QED) is 0.829. The molecule has 2 rings (SSSR count). The summed E-state index contributed by atoms with van der Waals surface area (Å²) in [5.41, 5.74) is 0.486. The average molecular weight is 304 g/mol. The van der Waals surface area contributed by atoms with Crippen LogP contribution >= 0.6 is 0 Å². The van der Waals surface area contributed by atoms with Crippen LogP contribution in [0.15, 0.2) is 18.3 Å². The highest BCUT2D eigenvalue weighted by Crippen LogP contribution is 2.20. The van der Waals surface area contributed by atoms with Crippen LogP contribution in [0.2, 0.25) is 0 Å². The zero-order chi connectivity index (χ0) is 15.9. The van der Waals surface area contributed by atoms with Gasteiger partial charge in [-0.1, -0.05) is 0 Å². The summed E-state index contributed by atoms with van der Waals surface area (Å²) in [6.45, 7) is 1.22. The fraction of sp³-hybridized carbons (Fsp3) is 0.533. The van der Waals surface area contributed by atoms with E-state index >= 15 is 0 Å². The Morgan fingerprint density at radius 3 is 2.95 bits per heavy atom. The second-order valence-electron chi connectivity index (χ2n) is 5.15. The molecular weight excluding hydrogens is 284 g/mol. The predicted octanol–water partition coefficient (Wildman–Crippen LogP) is 0.627. The van der Waals surface area contributed by atoms with Crippen LogP contribution < -0.4 is 5.32 Å². The highest BCUT2D eigenvalue weighted by atomic mass is 16.5. The molecule has 1 aromatic heterocycles. The van der Waals surface area contributed by atoms with Crippen LogP contribution in [-0.4, -0.2) is 61.9 Å². The van der Waals surface area contributed by atoms with Gasteiger partial charge in [0.05, 0.1) is 30.9 Å². The highest BCUT2D eigenvalue weighted by molar-refractivity contribution is 5.81. The van der Waals surface area contributed by atoms with E-state index in [-0.39, 0.29) is 24.6 Å². The number of nitrogens with zero attached hydrogens (tertiary/aromatic N) is 3. The second-order valence-corrected chi connectivity index (χ2v) is 5.15. The van der Waals surface area contributed by atoms with Gasteiger partial charge in [0, 0.05) is 27.0 Å². The molecule has 1 saturated heterocycles. The van der Waals surface area contributed by atoms with Crippen LogP contribution in [0.1, 0.15) is 12.0 Å². The third kappa shape index (κ3) is 3.93. The molecule has 0 spiro atoms. The molecule has 7 heteroatoms. The molecule has 0 unspecified atom stereocenters. The minimum absolute atomic E-state index is 0.0206. The molecule has 1 fully saturated rings. The third-order valence-corrected chi connectivity index (χ3v) is 3.70. The second kappa shape index (κ2) is 7.73. The maximum atomic E-state index is 12.4. The lowest BCUT2D eigenvalue weighted by atomic mass is 10.2. The fourth-order valence-corrected chi connectivity index (χ4v) is 2.53. The number of anilines is 1. The molecule has 0 bridgehead atoms. The van der Waals surface area contributed by atoms with Crippen LogP contribution in [0.25, 0.3) is 0 Å². The van der Waals surface area contributed by atoms with Crippen LogP contribution in [0, 0.1) is 11.3 Å². The molecule has 22 heavy (non-hydrogen) atoms. The Bertz CT molecular complexity index is 541. The van der Waals surface area contributed by atoms with Gasteiger partial charge in [0.1, 0.15) is 11.9 Å². The molecule has 1 N–H and O–H groups in total. The number of likely N-dealkylation sites (tertiary alicyclic amines) is 1. The van der Waals surface area contributed by atoms with Gasteiger partial charge in [-0.2, -0.15) is 5.26 Å². The summed E-state index contributed by atoms with van der Waals surface area (Å²) in [6.07, 6.45) is 2.31. The molecule has 1 aliphatic rings. The molecule has 0 saturated carbocycles. The first kappa shape index (κ1) is 16.2. The fourth-order valence-electron chi connectivity index (χ4n) is 2.53. The molecule has 0 radical (unpaired) electrons. The van der Waals surface area contributed by atoms with Crippen molar-refractivity contribution < 1.29 is 14.3 Å². The molecular formula is C15H20N4O3. The van der Waals surface area contributed by atoms with E-state index in [0.717, 1.165) is 6.42 Å². The smallest absolute Gasteiger partial charge is 0.242 e. The van der Waals surface area contributed by atoms with Gasteiger partial charge in [-0.15, -0.1) is 0 Å². The van der Waals surface area contributed by atoms with Crippen LogP contribution in [-0.2, 0) is 14.3 Å². The molecule has 1 aliphatic heterocycles. The third-order valence-electron chi connectivity index (χ3n) is 3.70. The summed E-state index contributed by atoms with van der Waals surface area (Å²) >= 11 is 0. The van der Waals surface area contributed by atoms with Gasteiger partial charge >= 0.3 is 0 Å². The molecule has 0 aromatic carbocycles. The van der Waals surface area contributed by atoms with Crippen molar-refractivity contribution in [1.82, 2.24) is 9.88 Å². The van der Waals surface area contributed by atoms with Crippen LogP contribution in [0.5, 0.6) is 0 Å². The van der Waals surface area contributed by atoms with Crippen molar-refractivity contribution in [2.75, 3.05) is 39.2 Å². The first-order valence-corrected chi connectivity index (χ1v) is 7.09. The Labute approximate surface area is 129 Å². The Morgan fingerprint density at radius 2 is 2.36 bits per heavy atom. The topological polar surface area (TPSA) is 87.5 Å². The molecule has 2 atom stereocenters. The lowest BCUT2D eigenvalue weighted by Crippen LogP contribution is -2.41. The number of hydrogen-bond donors (Lipinski definition) is 1. The van der Waals surface area contributed by atoms with Gasteiger partial charge in [0.2, 0.25) is 5.91 Å². The predicted molar refractivity (Wildman–Crippen MR) is 80.2 cm³/mol. The van der Waals surface area contributed by atoms with E-state index < -0.39 is 0 Å². The average Bonchev–Trinajstić information content (AvgIpc) is 2.96.